The van der Waals surface area contributed by atoms with Gasteiger partial charge in [0.15, 0.2) is 6.10 Å². The Balaban J connectivity index is 4.55. The minimum absolute atomic E-state index is 0.00268. The van der Waals surface area contributed by atoms with Gasteiger partial charge in [0.25, 0.3) is 0 Å². The molecule has 0 saturated heterocycles. The van der Waals surface area contributed by atoms with E-state index in [4.69, 9.17) is 14.2 Å². The highest BCUT2D eigenvalue weighted by atomic mass is 16.6. The second kappa shape index (κ2) is 40.3. The Morgan fingerprint density at radius 2 is 0.949 bits per heavy atom. The van der Waals surface area contributed by atoms with Crippen LogP contribution < -0.4 is 5.11 Å². The summed E-state index contributed by atoms with van der Waals surface area (Å²) >= 11 is 0. The topological polar surface area (TPSA) is 102 Å². The lowest BCUT2D eigenvalue weighted by molar-refractivity contribution is -0.889. The first-order valence-electron chi connectivity index (χ1n) is 21.9. The van der Waals surface area contributed by atoms with Gasteiger partial charge < -0.3 is 28.6 Å². The number of carboxylic acids is 1. The predicted octanol–water partition coefficient (Wildman–Crippen LogP) is 10.7. The van der Waals surface area contributed by atoms with E-state index >= 15 is 0 Å². The van der Waals surface area contributed by atoms with Crippen LogP contribution in [-0.4, -0.2) is 75.5 Å². The first-order chi connectivity index (χ1) is 28.6. The van der Waals surface area contributed by atoms with Gasteiger partial charge >= 0.3 is 11.9 Å². The van der Waals surface area contributed by atoms with Gasteiger partial charge in [-0.1, -0.05) is 180 Å². The lowest BCUT2D eigenvalue weighted by Crippen LogP contribution is -2.55. The van der Waals surface area contributed by atoms with E-state index in [1.165, 1.54) is 6.42 Å². The van der Waals surface area contributed by atoms with E-state index < -0.39 is 18.1 Å². The van der Waals surface area contributed by atoms with Crippen LogP contribution in [0, 0.1) is 0 Å². The van der Waals surface area contributed by atoms with Crippen molar-refractivity contribution in [3.8, 4) is 0 Å². The van der Waals surface area contributed by atoms with Crippen LogP contribution in [0.4, 0.5) is 0 Å². The van der Waals surface area contributed by atoms with Gasteiger partial charge in [-0.25, -0.2) is 0 Å². The number of hydrogen-bond donors (Lipinski definition) is 0. The first-order valence-corrected chi connectivity index (χ1v) is 21.9. The number of carboxylic acid groups (broad SMARTS) is 1. The molecular formula is C51H77NO7. The van der Waals surface area contributed by atoms with Crippen LogP contribution >= 0.6 is 0 Å². The fraction of sp³-hybridized carbons (Fsp3) is 0.510. The van der Waals surface area contributed by atoms with Crippen LogP contribution in [-0.2, 0) is 28.6 Å². The Morgan fingerprint density at radius 3 is 1.42 bits per heavy atom. The fourth-order valence-electron chi connectivity index (χ4n) is 5.42. The third kappa shape index (κ3) is 38.7. The number of hydrogen-bond acceptors (Lipinski definition) is 7. The molecule has 8 heteroatoms. The summed E-state index contributed by atoms with van der Waals surface area (Å²) in [5.74, 6) is -1.85. The van der Waals surface area contributed by atoms with Gasteiger partial charge in [-0.2, -0.15) is 0 Å². The minimum atomic E-state index is -1.14. The normalized spacial score (nSPS) is 14.3. The molecule has 0 saturated carbocycles. The number of nitrogens with zero attached hydrogens (tertiary/aromatic N) is 1. The van der Waals surface area contributed by atoms with Gasteiger partial charge in [0.1, 0.15) is 12.6 Å². The highest BCUT2D eigenvalue weighted by Crippen LogP contribution is 2.12. The summed E-state index contributed by atoms with van der Waals surface area (Å²) in [5.41, 5.74) is 0. The van der Waals surface area contributed by atoms with Gasteiger partial charge in [-0.3, -0.25) is 9.59 Å². The molecule has 0 fully saturated rings. The maximum absolute atomic E-state index is 12.7. The molecule has 0 amide bonds. The SMILES string of the molecule is CC/C=C/C=C/C=C/C=C/C=C/C=C/CCCCCC(=O)OC(COCCC(C(=O)[O-])[N+](C)(C)C)COC(=O)CCCCCCC/C=C/C=C/C=C/C=C/C=C/CCC. The second-order valence-electron chi connectivity index (χ2n) is 15.1. The van der Waals surface area contributed by atoms with Crippen LogP contribution in [0.15, 0.2) is 134 Å². The lowest BCUT2D eigenvalue weighted by Gasteiger charge is -2.34. The molecule has 0 aromatic heterocycles. The molecule has 0 N–H and O–H groups in total. The number of unbranched alkanes of at least 4 members (excludes halogenated alkanes) is 9. The van der Waals surface area contributed by atoms with Gasteiger partial charge in [0, 0.05) is 19.3 Å². The lowest BCUT2D eigenvalue weighted by atomic mass is 10.1. The molecule has 0 heterocycles. The van der Waals surface area contributed by atoms with Crippen molar-refractivity contribution in [3.05, 3.63) is 134 Å². The summed E-state index contributed by atoms with van der Waals surface area (Å²) in [4.78, 5) is 36.9. The molecule has 0 radical (unpaired) electrons. The standard InChI is InChI=1S/C51H77NO7/c1-6-8-10-12-14-16-18-20-22-24-26-27-29-31-33-35-37-39-41-49(53)58-46-47(45-57-44-43-48(51(55)56)52(3,4)5)59-50(54)42-40-38-36-34-32-30-28-25-23-21-19-17-15-13-11-9-7-2/h9-28,30,32,47-48H,6-8,29,31,33-46H2,1-5H3/b11-9+,12-10+,15-13+,16-14+,19-17+,20-18+,23-21+,24-22+,27-26+,28-25+,32-30+. The number of carbonyl (C=O) groups excluding carboxylic acids is 3. The number of quaternary nitrogens is 1. The predicted molar refractivity (Wildman–Crippen MR) is 244 cm³/mol. The Kier molecular flexibility index (Phi) is 37.2. The number of likely N-dealkylation sites (N-methyl/N-ethyl adjacent to an activating group) is 1. The Hall–Kier alpha value is -4.53. The van der Waals surface area contributed by atoms with Crippen molar-refractivity contribution >= 4 is 17.9 Å². The molecule has 328 valence electrons. The molecule has 2 unspecified atom stereocenters. The molecule has 0 aromatic carbocycles. The minimum Gasteiger partial charge on any atom is -0.544 e. The van der Waals surface area contributed by atoms with Crippen molar-refractivity contribution in [2.24, 2.45) is 0 Å². The highest BCUT2D eigenvalue weighted by Gasteiger charge is 2.25. The van der Waals surface area contributed by atoms with Crippen LogP contribution in [0.2, 0.25) is 0 Å². The van der Waals surface area contributed by atoms with Gasteiger partial charge in [0.05, 0.1) is 40.3 Å². The maximum Gasteiger partial charge on any atom is 0.306 e. The van der Waals surface area contributed by atoms with Crippen LogP contribution in [0.1, 0.15) is 117 Å². The van der Waals surface area contributed by atoms with Crippen molar-refractivity contribution in [2.45, 2.75) is 129 Å². The van der Waals surface area contributed by atoms with E-state index in [0.717, 1.165) is 70.6 Å². The Bertz CT molecular complexity index is 1420. The smallest absolute Gasteiger partial charge is 0.306 e. The summed E-state index contributed by atoms with van der Waals surface area (Å²) in [5, 5.41) is 11.6. The van der Waals surface area contributed by atoms with E-state index in [-0.39, 0.29) is 49.1 Å². The number of ether oxygens (including phenoxy) is 3. The number of aliphatic carboxylic acids is 1. The zero-order valence-corrected chi connectivity index (χ0v) is 37.1. The molecular weight excluding hydrogens is 739 g/mol. The Labute approximate surface area is 358 Å². The molecule has 0 bridgehead atoms. The molecule has 0 aliphatic rings. The van der Waals surface area contributed by atoms with Crippen molar-refractivity contribution in [1.29, 1.82) is 0 Å². The number of esters is 2. The number of allylic oxidation sites excluding steroid dienone is 22. The van der Waals surface area contributed by atoms with Gasteiger partial charge in [-0.05, 0) is 51.4 Å². The van der Waals surface area contributed by atoms with E-state index in [0.29, 0.717) is 12.8 Å². The van der Waals surface area contributed by atoms with Crippen molar-refractivity contribution in [1.82, 2.24) is 0 Å². The largest absolute Gasteiger partial charge is 0.544 e. The molecule has 0 aromatic rings. The Morgan fingerprint density at radius 1 is 0.525 bits per heavy atom. The van der Waals surface area contributed by atoms with E-state index in [9.17, 15) is 19.5 Å². The van der Waals surface area contributed by atoms with E-state index in [2.05, 4.69) is 50.3 Å². The maximum atomic E-state index is 12.7. The average Bonchev–Trinajstić information content (AvgIpc) is 3.19. The monoisotopic (exact) mass is 816 g/mol. The highest BCUT2D eigenvalue weighted by molar-refractivity contribution is 5.70. The van der Waals surface area contributed by atoms with Gasteiger partial charge in [0.2, 0.25) is 0 Å². The zero-order chi connectivity index (χ0) is 43.5. The third-order valence-electron chi connectivity index (χ3n) is 8.79. The quantitative estimate of drug-likeness (QED) is 0.0269. The van der Waals surface area contributed by atoms with Gasteiger partial charge in [-0.15, -0.1) is 0 Å². The summed E-state index contributed by atoms with van der Waals surface area (Å²) in [6, 6.07) is -0.748. The average molecular weight is 816 g/mol. The summed E-state index contributed by atoms with van der Waals surface area (Å²) in [7, 11) is 5.36. The number of rotatable bonds is 36. The number of carbonyl (C=O) groups is 3. The molecule has 0 spiro atoms. The molecule has 59 heavy (non-hydrogen) atoms. The molecule has 2 atom stereocenters. The van der Waals surface area contributed by atoms with Crippen molar-refractivity contribution in [2.75, 3.05) is 41.0 Å². The first kappa shape index (κ1) is 54.5. The van der Waals surface area contributed by atoms with Crippen LogP contribution in [0.5, 0.6) is 0 Å². The molecule has 8 nitrogen and oxygen atoms in total. The van der Waals surface area contributed by atoms with Crippen LogP contribution in [0.3, 0.4) is 0 Å². The fourth-order valence-corrected chi connectivity index (χ4v) is 5.42. The summed E-state index contributed by atoms with van der Waals surface area (Å²) in [6.07, 6.45) is 57.5. The van der Waals surface area contributed by atoms with Crippen LogP contribution in [0.25, 0.3) is 0 Å². The second-order valence-corrected chi connectivity index (χ2v) is 15.1. The van der Waals surface area contributed by atoms with E-state index in [1.807, 2.05) is 97.2 Å². The summed E-state index contributed by atoms with van der Waals surface area (Å²) in [6.45, 7) is 4.31. The molecule has 0 rings (SSSR count). The van der Waals surface area contributed by atoms with Crippen molar-refractivity contribution < 1.29 is 38.2 Å². The molecule has 0 aliphatic carbocycles. The molecule has 0 aliphatic heterocycles. The zero-order valence-electron chi connectivity index (χ0n) is 37.1. The van der Waals surface area contributed by atoms with Crippen molar-refractivity contribution in [3.63, 3.8) is 0 Å². The van der Waals surface area contributed by atoms with E-state index in [1.54, 1.807) is 21.1 Å². The third-order valence-corrected chi connectivity index (χ3v) is 8.79. The summed E-state index contributed by atoms with van der Waals surface area (Å²) < 4.78 is 17.1.